The molecule has 0 aliphatic heterocycles. The number of aliphatic hydroxyl groups excluding tert-OH is 1. The fourth-order valence-corrected chi connectivity index (χ4v) is 1.30. The summed E-state index contributed by atoms with van der Waals surface area (Å²) in [6.45, 7) is 5.07. The SMILES string of the molecule is CC(=O)CCCCN(C)CC(C)O. The Kier molecular flexibility index (Phi) is 6.82. The van der Waals surface area contributed by atoms with Gasteiger partial charge in [-0.25, -0.2) is 0 Å². The molecule has 0 aliphatic rings. The number of rotatable bonds is 7. The van der Waals surface area contributed by atoms with E-state index in [2.05, 4.69) is 4.90 Å². The molecule has 0 saturated carbocycles. The summed E-state index contributed by atoms with van der Waals surface area (Å²) in [5.74, 6) is 0.262. The van der Waals surface area contributed by atoms with Crippen molar-refractivity contribution < 1.29 is 9.90 Å². The van der Waals surface area contributed by atoms with Crippen LogP contribution in [0.25, 0.3) is 0 Å². The summed E-state index contributed by atoms with van der Waals surface area (Å²) >= 11 is 0. The average molecular weight is 187 g/mol. The minimum absolute atomic E-state index is 0.262. The van der Waals surface area contributed by atoms with Gasteiger partial charge in [-0.2, -0.15) is 0 Å². The van der Waals surface area contributed by atoms with Gasteiger partial charge in [-0.15, -0.1) is 0 Å². The number of carbonyl (C=O) groups excluding carboxylic acids is 1. The Morgan fingerprint density at radius 3 is 2.54 bits per heavy atom. The number of Topliss-reactive ketones (excluding diaryl/α,β-unsaturated/α-hetero) is 1. The van der Waals surface area contributed by atoms with Crippen molar-refractivity contribution in [2.24, 2.45) is 0 Å². The molecule has 0 amide bonds. The molecule has 0 fully saturated rings. The first-order valence-electron chi connectivity index (χ1n) is 4.88. The van der Waals surface area contributed by atoms with E-state index in [1.807, 2.05) is 7.05 Å². The fourth-order valence-electron chi connectivity index (χ4n) is 1.30. The third kappa shape index (κ3) is 9.50. The molecule has 13 heavy (non-hydrogen) atoms. The van der Waals surface area contributed by atoms with Crippen LogP contribution in [-0.4, -0.2) is 42.0 Å². The maximum absolute atomic E-state index is 10.6. The predicted octanol–water partition coefficient (Wildman–Crippen LogP) is 1.06. The molecule has 0 aliphatic carbocycles. The van der Waals surface area contributed by atoms with E-state index in [9.17, 15) is 4.79 Å². The van der Waals surface area contributed by atoms with Crippen LogP contribution >= 0.6 is 0 Å². The zero-order valence-electron chi connectivity index (χ0n) is 8.92. The van der Waals surface area contributed by atoms with Crippen molar-refractivity contribution in [1.82, 2.24) is 4.90 Å². The molecule has 0 heterocycles. The summed E-state index contributed by atoms with van der Waals surface area (Å²) in [5, 5.41) is 9.07. The summed E-state index contributed by atoms with van der Waals surface area (Å²) in [6, 6.07) is 0. The lowest BCUT2D eigenvalue weighted by Crippen LogP contribution is -2.28. The number of hydrogen-bond donors (Lipinski definition) is 1. The van der Waals surface area contributed by atoms with Crippen molar-refractivity contribution in [1.29, 1.82) is 0 Å². The van der Waals surface area contributed by atoms with Crippen molar-refractivity contribution in [3.8, 4) is 0 Å². The lowest BCUT2D eigenvalue weighted by atomic mass is 10.2. The Hall–Kier alpha value is -0.410. The first kappa shape index (κ1) is 12.6. The first-order chi connectivity index (χ1) is 6.02. The van der Waals surface area contributed by atoms with E-state index in [1.54, 1.807) is 13.8 Å². The molecule has 78 valence electrons. The lowest BCUT2D eigenvalue weighted by molar-refractivity contribution is -0.117. The number of carbonyl (C=O) groups is 1. The highest BCUT2D eigenvalue weighted by molar-refractivity contribution is 5.75. The van der Waals surface area contributed by atoms with Crippen LogP contribution in [0.1, 0.15) is 33.1 Å². The van der Waals surface area contributed by atoms with Crippen LogP contribution in [0.4, 0.5) is 0 Å². The number of nitrogens with zero attached hydrogens (tertiary/aromatic N) is 1. The van der Waals surface area contributed by atoms with Gasteiger partial charge in [0.1, 0.15) is 5.78 Å². The predicted molar refractivity (Wildman–Crippen MR) is 53.7 cm³/mol. The summed E-state index contributed by atoms with van der Waals surface area (Å²) < 4.78 is 0. The second-order valence-corrected chi connectivity index (χ2v) is 3.77. The molecule has 0 aromatic carbocycles. The zero-order valence-corrected chi connectivity index (χ0v) is 8.92. The number of aliphatic hydroxyl groups is 1. The fraction of sp³-hybridized carbons (Fsp3) is 0.900. The highest BCUT2D eigenvalue weighted by atomic mass is 16.3. The van der Waals surface area contributed by atoms with Crippen LogP contribution in [0.15, 0.2) is 0 Å². The molecular formula is C10H21NO2. The van der Waals surface area contributed by atoms with E-state index < -0.39 is 0 Å². The Morgan fingerprint density at radius 1 is 1.46 bits per heavy atom. The Balaban J connectivity index is 3.26. The van der Waals surface area contributed by atoms with Crippen molar-refractivity contribution in [2.45, 2.75) is 39.2 Å². The number of ketones is 1. The van der Waals surface area contributed by atoms with Crippen molar-refractivity contribution >= 4 is 5.78 Å². The van der Waals surface area contributed by atoms with E-state index in [0.717, 1.165) is 19.4 Å². The molecule has 3 nitrogen and oxygen atoms in total. The molecule has 3 heteroatoms. The summed E-state index contributed by atoms with van der Waals surface area (Å²) in [4.78, 5) is 12.7. The molecule has 0 bridgehead atoms. The van der Waals surface area contributed by atoms with Gasteiger partial charge < -0.3 is 14.8 Å². The molecule has 0 rings (SSSR count). The number of unbranched alkanes of at least 4 members (excludes halogenated alkanes) is 1. The zero-order chi connectivity index (χ0) is 10.3. The summed E-state index contributed by atoms with van der Waals surface area (Å²) in [5.41, 5.74) is 0. The second-order valence-electron chi connectivity index (χ2n) is 3.77. The van der Waals surface area contributed by atoms with Crippen LogP contribution in [0.5, 0.6) is 0 Å². The van der Waals surface area contributed by atoms with Crippen molar-refractivity contribution in [3.63, 3.8) is 0 Å². The van der Waals surface area contributed by atoms with Crippen LogP contribution in [0.3, 0.4) is 0 Å². The smallest absolute Gasteiger partial charge is 0.129 e. The largest absolute Gasteiger partial charge is 0.392 e. The summed E-state index contributed by atoms with van der Waals surface area (Å²) in [7, 11) is 1.99. The van der Waals surface area contributed by atoms with Gasteiger partial charge in [-0.1, -0.05) is 0 Å². The Morgan fingerprint density at radius 2 is 2.08 bits per heavy atom. The molecule has 0 saturated heterocycles. The monoisotopic (exact) mass is 187 g/mol. The minimum Gasteiger partial charge on any atom is -0.392 e. The molecule has 0 radical (unpaired) electrons. The van der Waals surface area contributed by atoms with E-state index >= 15 is 0 Å². The summed E-state index contributed by atoms with van der Waals surface area (Å²) in [6.07, 6.45) is 2.41. The maximum atomic E-state index is 10.6. The van der Waals surface area contributed by atoms with Crippen molar-refractivity contribution in [2.75, 3.05) is 20.1 Å². The van der Waals surface area contributed by atoms with Crippen LogP contribution < -0.4 is 0 Å². The second kappa shape index (κ2) is 7.04. The molecule has 1 unspecified atom stereocenters. The molecule has 1 atom stereocenters. The normalized spacial score (nSPS) is 13.3. The number of likely N-dealkylation sites (N-methyl/N-ethyl adjacent to an activating group) is 1. The lowest BCUT2D eigenvalue weighted by Gasteiger charge is -2.17. The highest BCUT2D eigenvalue weighted by Gasteiger charge is 2.02. The molecule has 0 aromatic heterocycles. The molecule has 0 spiro atoms. The Labute approximate surface area is 80.7 Å². The van der Waals surface area contributed by atoms with Gasteiger partial charge in [0.25, 0.3) is 0 Å². The third-order valence-electron chi connectivity index (χ3n) is 1.89. The van der Waals surface area contributed by atoms with Crippen LogP contribution in [-0.2, 0) is 4.79 Å². The van der Waals surface area contributed by atoms with Gasteiger partial charge in [0.05, 0.1) is 6.10 Å². The minimum atomic E-state index is -0.266. The van der Waals surface area contributed by atoms with E-state index in [1.165, 1.54) is 0 Å². The standard InChI is InChI=1S/C10H21NO2/c1-9(12)6-4-5-7-11(3)8-10(2)13/h10,13H,4-8H2,1-3H3. The van der Waals surface area contributed by atoms with Gasteiger partial charge in [0.15, 0.2) is 0 Å². The van der Waals surface area contributed by atoms with Gasteiger partial charge in [-0.3, -0.25) is 0 Å². The van der Waals surface area contributed by atoms with E-state index in [0.29, 0.717) is 13.0 Å². The maximum Gasteiger partial charge on any atom is 0.129 e. The Bertz CT molecular complexity index is 146. The van der Waals surface area contributed by atoms with Crippen LogP contribution in [0.2, 0.25) is 0 Å². The average Bonchev–Trinajstić information content (AvgIpc) is 1.96. The molecule has 1 N–H and O–H groups in total. The van der Waals surface area contributed by atoms with Gasteiger partial charge >= 0.3 is 0 Å². The third-order valence-corrected chi connectivity index (χ3v) is 1.89. The molecular weight excluding hydrogens is 166 g/mol. The van der Waals surface area contributed by atoms with Crippen molar-refractivity contribution in [3.05, 3.63) is 0 Å². The highest BCUT2D eigenvalue weighted by Crippen LogP contribution is 1.98. The van der Waals surface area contributed by atoms with Gasteiger partial charge in [0.2, 0.25) is 0 Å². The van der Waals surface area contributed by atoms with E-state index in [4.69, 9.17) is 5.11 Å². The van der Waals surface area contributed by atoms with Crippen LogP contribution in [0, 0.1) is 0 Å². The topological polar surface area (TPSA) is 40.5 Å². The molecule has 0 aromatic rings. The van der Waals surface area contributed by atoms with E-state index in [-0.39, 0.29) is 11.9 Å². The van der Waals surface area contributed by atoms with Gasteiger partial charge in [-0.05, 0) is 40.3 Å². The van der Waals surface area contributed by atoms with Gasteiger partial charge in [0, 0.05) is 13.0 Å². The number of hydrogen-bond acceptors (Lipinski definition) is 3. The first-order valence-corrected chi connectivity index (χ1v) is 4.88. The quantitative estimate of drug-likeness (QED) is 0.606.